The maximum atomic E-state index is 12.7. The number of aromatic nitrogens is 1. The smallest absolute Gasteiger partial charge is 0.276 e. The van der Waals surface area contributed by atoms with Crippen LogP contribution in [0, 0.1) is 0 Å². The van der Waals surface area contributed by atoms with Crippen molar-refractivity contribution < 1.29 is 9.21 Å². The van der Waals surface area contributed by atoms with Crippen LogP contribution in [0.3, 0.4) is 0 Å². The summed E-state index contributed by atoms with van der Waals surface area (Å²) in [6, 6.07) is 9.40. The minimum atomic E-state index is 0.0132. The number of piperazine rings is 1. The Labute approximate surface area is 148 Å². The molecule has 132 valence electrons. The van der Waals surface area contributed by atoms with Crippen LogP contribution in [-0.4, -0.2) is 52.9 Å². The monoisotopic (exact) mass is 339 g/mol. The predicted octanol–water partition coefficient (Wildman–Crippen LogP) is 2.55. The van der Waals surface area contributed by atoms with E-state index < -0.39 is 0 Å². The number of hydrogen-bond acceptors (Lipinski definition) is 4. The first-order valence-electron chi connectivity index (χ1n) is 9.28. The van der Waals surface area contributed by atoms with E-state index in [2.05, 4.69) is 34.1 Å². The summed E-state index contributed by atoms with van der Waals surface area (Å²) in [6.45, 7) is 5.41. The molecule has 1 amide bonds. The number of hydrogen-bond donors (Lipinski definition) is 0. The molecule has 2 aliphatic rings. The number of aryl methyl sites for hydroxylation is 2. The first-order chi connectivity index (χ1) is 12.3. The molecule has 1 atom stereocenters. The van der Waals surface area contributed by atoms with Gasteiger partial charge in [-0.3, -0.25) is 9.69 Å². The largest absolute Gasteiger partial charge is 0.448 e. The van der Waals surface area contributed by atoms with E-state index in [4.69, 9.17) is 4.42 Å². The molecule has 0 N–H and O–H groups in total. The molecule has 1 fully saturated rings. The van der Waals surface area contributed by atoms with Crippen LogP contribution >= 0.6 is 0 Å². The highest BCUT2D eigenvalue weighted by atomic mass is 16.3. The molecule has 0 radical (unpaired) electrons. The molecule has 0 saturated carbocycles. The Kier molecular flexibility index (Phi) is 4.57. The van der Waals surface area contributed by atoms with Gasteiger partial charge in [0.05, 0.1) is 0 Å². The van der Waals surface area contributed by atoms with Gasteiger partial charge < -0.3 is 9.32 Å². The number of fused-ring (bicyclic) bond motifs is 1. The van der Waals surface area contributed by atoms with Crippen LogP contribution in [0.2, 0.25) is 0 Å². The van der Waals surface area contributed by atoms with E-state index in [0.29, 0.717) is 23.9 Å². The van der Waals surface area contributed by atoms with E-state index in [9.17, 15) is 4.79 Å². The van der Waals surface area contributed by atoms with Gasteiger partial charge in [-0.1, -0.05) is 31.2 Å². The third-order valence-electron chi connectivity index (χ3n) is 5.60. The third kappa shape index (κ3) is 3.21. The van der Waals surface area contributed by atoms with Gasteiger partial charge in [0.1, 0.15) is 5.76 Å². The summed E-state index contributed by atoms with van der Waals surface area (Å²) < 4.78 is 5.31. The lowest BCUT2D eigenvalue weighted by molar-refractivity contribution is 0.0546. The summed E-state index contributed by atoms with van der Waals surface area (Å²) in [6.07, 6.45) is 5.59. The minimum absolute atomic E-state index is 0.0132. The highest BCUT2D eigenvalue weighted by Gasteiger charge is 2.30. The van der Waals surface area contributed by atoms with Gasteiger partial charge in [0, 0.05) is 38.6 Å². The average Bonchev–Trinajstić information content (AvgIpc) is 3.16. The van der Waals surface area contributed by atoms with Gasteiger partial charge >= 0.3 is 0 Å². The quantitative estimate of drug-likeness (QED) is 0.862. The highest BCUT2D eigenvalue weighted by Crippen LogP contribution is 2.25. The summed E-state index contributed by atoms with van der Waals surface area (Å²) in [4.78, 5) is 21.3. The lowest BCUT2D eigenvalue weighted by Gasteiger charge is -2.41. The first kappa shape index (κ1) is 16.3. The van der Waals surface area contributed by atoms with Gasteiger partial charge in [0.15, 0.2) is 12.1 Å². The predicted molar refractivity (Wildman–Crippen MR) is 95.6 cm³/mol. The van der Waals surface area contributed by atoms with Crippen molar-refractivity contribution in [2.24, 2.45) is 0 Å². The zero-order valence-corrected chi connectivity index (χ0v) is 14.8. The molecule has 2 aromatic rings. The summed E-state index contributed by atoms with van der Waals surface area (Å²) >= 11 is 0. The van der Waals surface area contributed by atoms with Crippen LogP contribution in [0.5, 0.6) is 0 Å². The Morgan fingerprint density at radius 1 is 1.20 bits per heavy atom. The summed E-state index contributed by atoms with van der Waals surface area (Å²) in [7, 11) is 0. The molecule has 1 aromatic heterocycles. The first-order valence-corrected chi connectivity index (χ1v) is 9.28. The SMILES string of the molecule is CCc1ocnc1C(=O)N1CCN([C@@H]2CCc3ccccc3C2)CC1. The number of oxazole rings is 1. The van der Waals surface area contributed by atoms with Gasteiger partial charge in [-0.15, -0.1) is 0 Å². The fraction of sp³-hybridized carbons (Fsp3) is 0.500. The van der Waals surface area contributed by atoms with Crippen LogP contribution < -0.4 is 0 Å². The molecule has 1 aliphatic carbocycles. The van der Waals surface area contributed by atoms with Crippen molar-refractivity contribution in [1.82, 2.24) is 14.8 Å². The Morgan fingerprint density at radius 3 is 2.72 bits per heavy atom. The van der Waals surface area contributed by atoms with Gasteiger partial charge in [-0.25, -0.2) is 4.98 Å². The standard InChI is InChI=1S/C20H25N3O2/c1-2-18-19(21-14-25-18)20(24)23-11-9-22(10-12-23)17-8-7-15-5-3-4-6-16(15)13-17/h3-6,14,17H,2,7-13H2,1H3/t17-/m1/s1. The topological polar surface area (TPSA) is 49.6 Å². The molecule has 5 heteroatoms. The normalized spacial score (nSPS) is 21.2. The third-order valence-corrected chi connectivity index (χ3v) is 5.60. The molecule has 0 unspecified atom stereocenters. The van der Waals surface area contributed by atoms with Crippen molar-refractivity contribution in [3.63, 3.8) is 0 Å². The van der Waals surface area contributed by atoms with Gasteiger partial charge in [0.2, 0.25) is 0 Å². The van der Waals surface area contributed by atoms with Crippen LogP contribution in [-0.2, 0) is 19.3 Å². The summed E-state index contributed by atoms with van der Waals surface area (Å²) in [5, 5.41) is 0. The maximum absolute atomic E-state index is 12.7. The molecular weight excluding hydrogens is 314 g/mol. The van der Waals surface area contributed by atoms with E-state index in [-0.39, 0.29) is 5.91 Å². The molecule has 1 saturated heterocycles. The van der Waals surface area contributed by atoms with E-state index in [1.807, 2.05) is 11.8 Å². The second kappa shape index (κ2) is 7.00. The minimum Gasteiger partial charge on any atom is -0.448 e. The van der Waals surface area contributed by atoms with Crippen LogP contribution in [0.15, 0.2) is 35.1 Å². The molecule has 1 aromatic carbocycles. The Hall–Kier alpha value is -2.14. The Balaban J connectivity index is 1.37. The van der Waals surface area contributed by atoms with E-state index in [0.717, 1.165) is 32.6 Å². The van der Waals surface area contributed by atoms with Gasteiger partial charge in [-0.2, -0.15) is 0 Å². The van der Waals surface area contributed by atoms with Gasteiger partial charge in [-0.05, 0) is 30.4 Å². The van der Waals surface area contributed by atoms with E-state index in [1.54, 1.807) is 0 Å². The number of nitrogens with zero attached hydrogens (tertiary/aromatic N) is 3. The van der Waals surface area contributed by atoms with E-state index >= 15 is 0 Å². The lowest BCUT2D eigenvalue weighted by Crippen LogP contribution is -2.53. The molecule has 0 spiro atoms. The van der Waals surface area contributed by atoms with Gasteiger partial charge in [0.25, 0.3) is 5.91 Å². The van der Waals surface area contributed by atoms with Crippen molar-refractivity contribution >= 4 is 5.91 Å². The van der Waals surface area contributed by atoms with Crippen molar-refractivity contribution in [2.75, 3.05) is 26.2 Å². The summed E-state index contributed by atoms with van der Waals surface area (Å²) in [5.41, 5.74) is 3.49. The fourth-order valence-corrected chi connectivity index (χ4v) is 4.13. The number of carbonyl (C=O) groups is 1. The van der Waals surface area contributed by atoms with Crippen molar-refractivity contribution in [1.29, 1.82) is 0 Å². The highest BCUT2D eigenvalue weighted by molar-refractivity contribution is 5.93. The van der Waals surface area contributed by atoms with Crippen LogP contribution in [0.4, 0.5) is 0 Å². The Bertz CT molecular complexity index is 747. The number of carbonyl (C=O) groups excluding carboxylic acids is 1. The summed E-state index contributed by atoms with van der Waals surface area (Å²) in [5.74, 6) is 0.704. The molecule has 1 aliphatic heterocycles. The zero-order chi connectivity index (χ0) is 17.2. The van der Waals surface area contributed by atoms with Crippen molar-refractivity contribution in [3.05, 3.63) is 53.2 Å². The molecule has 0 bridgehead atoms. The molecule has 4 rings (SSSR count). The van der Waals surface area contributed by atoms with Crippen molar-refractivity contribution in [2.45, 2.75) is 38.6 Å². The number of rotatable bonds is 3. The van der Waals surface area contributed by atoms with Crippen LogP contribution in [0.25, 0.3) is 0 Å². The zero-order valence-electron chi connectivity index (χ0n) is 14.8. The second-order valence-electron chi connectivity index (χ2n) is 6.97. The second-order valence-corrected chi connectivity index (χ2v) is 6.97. The molecule has 5 nitrogen and oxygen atoms in total. The molecular formula is C20H25N3O2. The number of benzene rings is 1. The lowest BCUT2D eigenvalue weighted by atomic mass is 9.87. The van der Waals surface area contributed by atoms with E-state index in [1.165, 1.54) is 30.4 Å². The maximum Gasteiger partial charge on any atom is 0.276 e. The van der Waals surface area contributed by atoms with Crippen LogP contribution in [0.1, 0.15) is 40.7 Å². The number of amides is 1. The Morgan fingerprint density at radius 2 is 1.96 bits per heavy atom. The van der Waals surface area contributed by atoms with Crippen molar-refractivity contribution in [3.8, 4) is 0 Å². The average molecular weight is 339 g/mol. The molecule has 25 heavy (non-hydrogen) atoms. The fourth-order valence-electron chi connectivity index (χ4n) is 4.13. The molecule has 2 heterocycles.